The van der Waals surface area contributed by atoms with Gasteiger partial charge in [0.15, 0.2) is 0 Å². The van der Waals surface area contributed by atoms with Crippen molar-refractivity contribution >= 4 is 11.0 Å². The van der Waals surface area contributed by atoms with Crippen molar-refractivity contribution in [2.45, 2.75) is 33.6 Å². The van der Waals surface area contributed by atoms with Crippen molar-refractivity contribution in [3.8, 4) is 0 Å². The molecule has 2 nitrogen and oxygen atoms in total. The third-order valence-electron chi connectivity index (χ3n) is 2.09. The molecule has 0 aliphatic carbocycles. The first-order chi connectivity index (χ1) is 6.77. The van der Waals surface area contributed by atoms with Crippen LogP contribution in [0.1, 0.15) is 39.2 Å². The summed E-state index contributed by atoms with van der Waals surface area (Å²) >= 11 is 0. The van der Waals surface area contributed by atoms with Crippen LogP contribution < -0.4 is 0 Å². The topological polar surface area (TPSA) is 28.7 Å². The smallest absolute Gasteiger partial charge is 0.0878 e. The second-order valence-corrected chi connectivity index (χ2v) is 3.33. The van der Waals surface area contributed by atoms with Gasteiger partial charge in [-0.3, -0.25) is 4.98 Å². The summed E-state index contributed by atoms with van der Waals surface area (Å²) in [6, 6.07) is 4.15. The number of rotatable bonds is 1. The lowest BCUT2D eigenvalue weighted by atomic mass is 10.1. The SMILES string of the molecule is CC.CC(C)c1cnc2cc[nH]c2c1. The van der Waals surface area contributed by atoms with E-state index in [0.29, 0.717) is 5.92 Å². The van der Waals surface area contributed by atoms with Gasteiger partial charge in [0.05, 0.1) is 11.0 Å². The number of nitrogens with one attached hydrogen (secondary N) is 1. The maximum atomic E-state index is 4.33. The summed E-state index contributed by atoms with van der Waals surface area (Å²) in [4.78, 5) is 7.48. The predicted molar refractivity (Wildman–Crippen MR) is 61.5 cm³/mol. The first kappa shape index (κ1) is 10.8. The molecule has 14 heavy (non-hydrogen) atoms. The molecule has 0 aliphatic heterocycles. The Morgan fingerprint density at radius 1 is 1.29 bits per heavy atom. The maximum absolute atomic E-state index is 4.33. The monoisotopic (exact) mass is 190 g/mol. The van der Waals surface area contributed by atoms with E-state index in [-0.39, 0.29) is 0 Å². The minimum Gasteiger partial charge on any atom is -0.360 e. The molecule has 0 aliphatic rings. The van der Waals surface area contributed by atoms with Crippen molar-refractivity contribution in [1.82, 2.24) is 9.97 Å². The number of aromatic nitrogens is 2. The van der Waals surface area contributed by atoms with Gasteiger partial charge in [0.2, 0.25) is 0 Å². The van der Waals surface area contributed by atoms with Crippen LogP contribution >= 0.6 is 0 Å². The molecule has 2 aromatic rings. The van der Waals surface area contributed by atoms with E-state index in [0.717, 1.165) is 11.0 Å². The molecule has 2 heteroatoms. The molecule has 0 saturated heterocycles. The lowest BCUT2D eigenvalue weighted by molar-refractivity contribution is 0.861. The van der Waals surface area contributed by atoms with E-state index >= 15 is 0 Å². The zero-order valence-electron chi connectivity index (χ0n) is 9.33. The third-order valence-corrected chi connectivity index (χ3v) is 2.09. The number of pyridine rings is 1. The molecule has 2 heterocycles. The van der Waals surface area contributed by atoms with E-state index in [9.17, 15) is 0 Å². The summed E-state index contributed by atoms with van der Waals surface area (Å²) in [6.07, 6.45) is 3.86. The summed E-state index contributed by atoms with van der Waals surface area (Å²) in [5.41, 5.74) is 3.45. The highest BCUT2D eigenvalue weighted by atomic mass is 14.7. The van der Waals surface area contributed by atoms with E-state index in [1.165, 1.54) is 5.56 Å². The van der Waals surface area contributed by atoms with Gasteiger partial charge >= 0.3 is 0 Å². The van der Waals surface area contributed by atoms with Gasteiger partial charge in [0.25, 0.3) is 0 Å². The average molecular weight is 190 g/mol. The molecule has 0 fully saturated rings. The molecule has 0 spiro atoms. The standard InChI is InChI=1S/C10H12N2.C2H6/c1-7(2)8-5-10-9(12-6-8)3-4-11-10;1-2/h3-7,11H,1-2H3;1-2H3. The fourth-order valence-electron chi connectivity index (χ4n) is 1.27. The van der Waals surface area contributed by atoms with Crippen molar-refractivity contribution in [1.29, 1.82) is 0 Å². The average Bonchev–Trinajstić information content (AvgIpc) is 2.67. The highest BCUT2D eigenvalue weighted by Crippen LogP contribution is 2.17. The molecule has 76 valence electrons. The maximum Gasteiger partial charge on any atom is 0.0878 e. The van der Waals surface area contributed by atoms with Gasteiger partial charge in [-0.25, -0.2) is 0 Å². The molecule has 0 atom stereocenters. The first-order valence-electron chi connectivity index (χ1n) is 5.20. The summed E-state index contributed by atoms with van der Waals surface area (Å²) in [7, 11) is 0. The number of fused-ring (bicyclic) bond motifs is 1. The normalized spacial score (nSPS) is 10.1. The van der Waals surface area contributed by atoms with E-state index in [4.69, 9.17) is 0 Å². The molecule has 0 unspecified atom stereocenters. The second kappa shape index (κ2) is 4.80. The van der Waals surface area contributed by atoms with Crippen LogP contribution in [0.4, 0.5) is 0 Å². The molecule has 2 aromatic heterocycles. The zero-order valence-corrected chi connectivity index (χ0v) is 9.33. The lowest BCUT2D eigenvalue weighted by Gasteiger charge is -2.03. The minimum absolute atomic E-state index is 0.546. The van der Waals surface area contributed by atoms with Crippen molar-refractivity contribution in [3.05, 3.63) is 30.1 Å². The Bertz CT molecular complexity index is 388. The molecule has 0 aromatic carbocycles. The Balaban J connectivity index is 0.000000461. The largest absolute Gasteiger partial charge is 0.360 e. The van der Waals surface area contributed by atoms with Crippen LogP contribution in [-0.2, 0) is 0 Å². The fourth-order valence-corrected chi connectivity index (χ4v) is 1.27. The summed E-state index contributed by atoms with van der Waals surface area (Å²) < 4.78 is 0. The summed E-state index contributed by atoms with van der Waals surface area (Å²) in [5, 5.41) is 0. The van der Waals surface area contributed by atoms with Gasteiger partial charge in [-0.1, -0.05) is 27.7 Å². The van der Waals surface area contributed by atoms with Crippen molar-refractivity contribution in [2.75, 3.05) is 0 Å². The third kappa shape index (κ3) is 2.13. The van der Waals surface area contributed by atoms with E-state index in [1.54, 1.807) is 0 Å². The fraction of sp³-hybridized carbons (Fsp3) is 0.417. The quantitative estimate of drug-likeness (QED) is 0.729. The number of aromatic amines is 1. The predicted octanol–water partition coefficient (Wildman–Crippen LogP) is 3.71. The van der Waals surface area contributed by atoms with E-state index in [2.05, 4.69) is 29.9 Å². The van der Waals surface area contributed by atoms with Gasteiger partial charge in [-0.15, -0.1) is 0 Å². The molecule has 0 saturated carbocycles. The van der Waals surface area contributed by atoms with Crippen LogP contribution in [0.25, 0.3) is 11.0 Å². The van der Waals surface area contributed by atoms with Crippen molar-refractivity contribution in [2.24, 2.45) is 0 Å². The molecule has 2 rings (SSSR count). The van der Waals surface area contributed by atoms with Crippen LogP contribution in [-0.4, -0.2) is 9.97 Å². The Labute approximate surface area is 85.4 Å². The Morgan fingerprint density at radius 3 is 2.64 bits per heavy atom. The number of nitrogens with zero attached hydrogens (tertiary/aromatic N) is 1. The Kier molecular flexibility index (Phi) is 3.69. The van der Waals surface area contributed by atoms with Crippen LogP contribution in [0.15, 0.2) is 24.5 Å². The molecule has 1 N–H and O–H groups in total. The highest BCUT2D eigenvalue weighted by molar-refractivity contribution is 5.75. The number of hydrogen-bond donors (Lipinski definition) is 1. The first-order valence-corrected chi connectivity index (χ1v) is 5.20. The minimum atomic E-state index is 0.546. The van der Waals surface area contributed by atoms with Gasteiger partial charge in [0, 0.05) is 12.4 Å². The Hall–Kier alpha value is -1.31. The zero-order chi connectivity index (χ0) is 10.6. The summed E-state index contributed by atoms with van der Waals surface area (Å²) in [6.45, 7) is 8.34. The highest BCUT2D eigenvalue weighted by Gasteiger charge is 2.01. The number of hydrogen-bond acceptors (Lipinski definition) is 1. The van der Waals surface area contributed by atoms with Crippen molar-refractivity contribution in [3.63, 3.8) is 0 Å². The Morgan fingerprint density at radius 2 is 2.00 bits per heavy atom. The van der Waals surface area contributed by atoms with E-state index < -0.39 is 0 Å². The van der Waals surface area contributed by atoms with Gasteiger partial charge in [-0.2, -0.15) is 0 Å². The van der Waals surface area contributed by atoms with Crippen LogP contribution in [0.3, 0.4) is 0 Å². The molecule has 0 radical (unpaired) electrons. The molecule has 0 bridgehead atoms. The molecule has 0 amide bonds. The molecular weight excluding hydrogens is 172 g/mol. The summed E-state index contributed by atoms with van der Waals surface area (Å²) in [5.74, 6) is 0.546. The van der Waals surface area contributed by atoms with E-state index in [1.807, 2.05) is 32.3 Å². The lowest BCUT2D eigenvalue weighted by Crippen LogP contribution is -1.88. The van der Waals surface area contributed by atoms with Gasteiger partial charge in [0.1, 0.15) is 0 Å². The van der Waals surface area contributed by atoms with Crippen molar-refractivity contribution < 1.29 is 0 Å². The number of H-pyrrole nitrogens is 1. The van der Waals surface area contributed by atoms with Crippen LogP contribution in [0, 0.1) is 0 Å². The van der Waals surface area contributed by atoms with Crippen LogP contribution in [0.2, 0.25) is 0 Å². The second-order valence-electron chi connectivity index (χ2n) is 3.33. The van der Waals surface area contributed by atoms with Gasteiger partial charge < -0.3 is 4.98 Å². The van der Waals surface area contributed by atoms with Crippen LogP contribution in [0.5, 0.6) is 0 Å². The molecular formula is C12H18N2. The van der Waals surface area contributed by atoms with Gasteiger partial charge in [-0.05, 0) is 23.6 Å².